The molecule has 0 aromatic heterocycles. The van der Waals surface area contributed by atoms with E-state index in [-0.39, 0.29) is 17.0 Å². The molecule has 0 saturated carbocycles. The standard InChI is InChI=1S/C21H24N4O4S/c1-16-4-6-17(7-5-16)14-23-24-20(26)15-22-21(27)18-8-10-19(11-9-18)30(28,29)25-12-2-3-13-25/h4-11,14H,2-3,12-13,15H2,1H3,(H,22,27)(H,24,26)/b23-14-. The Bertz CT molecular complexity index is 1030. The maximum absolute atomic E-state index is 12.5. The van der Waals surface area contributed by atoms with Gasteiger partial charge in [-0.1, -0.05) is 29.8 Å². The topological polar surface area (TPSA) is 108 Å². The van der Waals surface area contributed by atoms with Crippen LogP contribution in [0.1, 0.15) is 34.3 Å². The highest BCUT2D eigenvalue weighted by Gasteiger charge is 2.27. The molecule has 158 valence electrons. The Morgan fingerprint density at radius 1 is 1.03 bits per heavy atom. The van der Waals surface area contributed by atoms with Crippen LogP contribution < -0.4 is 10.7 Å². The fourth-order valence-corrected chi connectivity index (χ4v) is 4.51. The van der Waals surface area contributed by atoms with Crippen LogP contribution in [0.3, 0.4) is 0 Å². The predicted molar refractivity (Wildman–Crippen MR) is 114 cm³/mol. The fraction of sp³-hybridized carbons (Fsp3) is 0.286. The Kier molecular flexibility index (Phi) is 6.96. The third-order valence-corrected chi connectivity index (χ3v) is 6.62. The van der Waals surface area contributed by atoms with E-state index in [0.29, 0.717) is 13.1 Å². The van der Waals surface area contributed by atoms with Crippen LogP contribution in [0.2, 0.25) is 0 Å². The Hall–Kier alpha value is -3.04. The fourth-order valence-electron chi connectivity index (χ4n) is 2.99. The van der Waals surface area contributed by atoms with E-state index in [1.165, 1.54) is 34.8 Å². The van der Waals surface area contributed by atoms with Crippen molar-refractivity contribution in [3.63, 3.8) is 0 Å². The van der Waals surface area contributed by atoms with Crippen molar-refractivity contribution in [2.75, 3.05) is 19.6 Å². The lowest BCUT2D eigenvalue weighted by atomic mass is 10.2. The monoisotopic (exact) mass is 428 g/mol. The van der Waals surface area contributed by atoms with Gasteiger partial charge in [-0.2, -0.15) is 9.41 Å². The number of carbonyl (C=O) groups excluding carboxylic acids is 2. The third-order valence-electron chi connectivity index (χ3n) is 4.71. The molecule has 1 aliphatic heterocycles. The summed E-state index contributed by atoms with van der Waals surface area (Å²) < 4.78 is 26.5. The first-order valence-corrected chi connectivity index (χ1v) is 11.1. The summed E-state index contributed by atoms with van der Waals surface area (Å²) in [7, 11) is -3.52. The quantitative estimate of drug-likeness (QED) is 0.516. The lowest BCUT2D eigenvalue weighted by Crippen LogP contribution is -2.35. The van der Waals surface area contributed by atoms with E-state index in [0.717, 1.165) is 24.0 Å². The van der Waals surface area contributed by atoms with Crippen LogP contribution in [0.5, 0.6) is 0 Å². The summed E-state index contributed by atoms with van der Waals surface area (Å²) >= 11 is 0. The van der Waals surface area contributed by atoms with Gasteiger partial charge in [0.05, 0.1) is 17.7 Å². The van der Waals surface area contributed by atoms with Gasteiger partial charge < -0.3 is 5.32 Å². The normalized spacial score (nSPS) is 14.7. The van der Waals surface area contributed by atoms with Crippen molar-refractivity contribution in [3.05, 3.63) is 65.2 Å². The number of hydrazone groups is 1. The number of aryl methyl sites for hydroxylation is 1. The van der Waals surface area contributed by atoms with Crippen molar-refractivity contribution >= 4 is 28.1 Å². The third kappa shape index (κ3) is 5.52. The molecular formula is C21H24N4O4S. The largest absolute Gasteiger partial charge is 0.343 e. The molecule has 0 aliphatic carbocycles. The molecule has 0 atom stereocenters. The lowest BCUT2D eigenvalue weighted by Gasteiger charge is -2.15. The second kappa shape index (κ2) is 9.64. The molecule has 0 spiro atoms. The zero-order chi connectivity index (χ0) is 21.6. The van der Waals surface area contributed by atoms with Gasteiger partial charge in [-0.3, -0.25) is 9.59 Å². The minimum absolute atomic E-state index is 0.157. The second-order valence-electron chi connectivity index (χ2n) is 7.02. The van der Waals surface area contributed by atoms with Gasteiger partial charge in [0, 0.05) is 18.7 Å². The van der Waals surface area contributed by atoms with Gasteiger partial charge in [0.25, 0.3) is 11.8 Å². The van der Waals surface area contributed by atoms with Gasteiger partial charge in [0.1, 0.15) is 0 Å². The van der Waals surface area contributed by atoms with E-state index in [1.807, 2.05) is 31.2 Å². The number of benzene rings is 2. The Balaban J connectivity index is 1.49. The molecule has 2 aromatic carbocycles. The van der Waals surface area contributed by atoms with E-state index >= 15 is 0 Å². The van der Waals surface area contributed by atoms with Gasteiger partial charge in [-0.05, 0) is 49.6 Å². The summed E-state index contributed by atoms with van der Waals surface area (Å²) in [6.45, 7) is 2.77. The number of sulfonamides is 1. The number of nitrogens with one attached hydrogen (secondary N) is 2. The van der Waals surface area contributed by atoms with Crippen molar-refractivity contribution < 1.29 is 18.0 Å². The number of amides is 2. The molecule has 1 saturated heterocycles. The average Bonchev–Trinajstić information content (AvgIpc) is 3.29. The summed E-state index contributed by atoms with van der Waals surface area (Å²) in [4.78, 5) is 24.2. The lowest BCUT2D eigenvalue weighted by molar-refractivity contribution is -0.120. The summed E-state index contributed by atoms with van der Waals surface area (Å²) in [5.41, 5.74) is 4.58. The first-order chi connectivity index (χ1) is 14.4. The molecular weight excluding hydrogens is 404 g/mol. The molecule has 1 heterocycles. The molecule has 8 nitrogen and oxygen atoms in total. The van der Waals surface area contributed by atoms with Crippen molar-refractivity contribution in [3.8, 4) is 0 Å². The van der Waals surface area contributed by atoms with Gasteiger partial charge in [-0.15, -0.1) is 0 Å². The molecule has 0 radical (unpaired) electrons. The second-order valence-corrected chi connectivity index (χ2v) is 8.96. The summed E-state index contributed by atoms with van der Waals surface area (Å²) in [5.74, 6) is -0.947. The van der Waals surface area contributed by atoms with Crippen LogP contribution in [0.4, 0.5) is 0 Å². The van der Waals surface area contributed by atoms with Gasteiger partial charge in [0.15, 0.2) is 0 Å². The number of hydrogen-bond donors (Lipinski definition) is 2. The van der Waals surface area contributed by atoms with E-state index < -0.39 is 21.8 Å². The minimum Gasteiger partial charge on any atom is -0.343 e. The summed E-state index contributed by atoms with van der Waals surface area (Å²) in [6.07, 6.45) is 3.23. The van der Waals surface area contributed by atoms with Crippen LogP contribution in [0.15, 0.2) is 58.5 Å². The SMILES string of the molecule is Cc1ccc(/C=N\NC(=O)CNC(=O)c2ccc(S(=O)(=O)N3CCCC3)cc2)cc1. The van der Waals surface area contributed by atoms with Crippen LogP contribution in [0, 0.1) is 6.92 Å². The minimum atomic E-state index is -3.52. The van der Waals surface area contributed by atoms with E-state index in [4.69, 9.17) is 0 Å². The number of carbonyl (C=O) groups is 2. The molecule has 2 amide bonds. The van der Waals surface area contributed by atoms with Crippen LogP contribution >= 0.6 is 0 Å². The van der Waals surface area contributed by atoms with E-state index in [2.05, 4.69) is 15.8 Å². The van der Waals surface area contributed by atoms with Crippen LogP contribution in [-0.2, 0) is 14.8 Å². The number of nitrogens with zero attached hydrogens (tertiary/aromatic N) is 2. The molecule has 9 heteroatoms. The van der Waals surface area contributed by atoms with Crippen molar-refractivity contribution in [2.24, 2.45) is 5.10 Å². The van der Waals surface area contributed by atoms with Gasteiger partial charge >= 0.3 is 0 Å². The summed E-state index contributed by atoms with van der Waals surface area (Å²) in [6, 6.07) is 13.3. The predicted octanol–water partition coefficient (Wildman–Crippen LogP) is 1.66. The maximum Gasteiger partial charge on any atom is 0.259 e. The highest BCUT2D eigenvalue weighted by molar-refractivity contribution is 7.89. The highest BCUT2D eigenvalue weighted by Crippen LogP contribution is 2.21. The Labute approximate surface area is 176 Å². The van der Waals surface area contributed by atoms with Crippen LogP contribution in [-0.4, -0.2) is 50.4 Å². The zero-order valence-electron chi connectivity index (χ0n) is 16.7. The average molecular weight is 429 g/mol. The molecule has 1 aliphatic rings. The molecule has 3 rings (SSSR count). The van der Waals surface area contributed by atoms with Crippen molar-refractivity contribution in [1.82, 2.24) is 15.0 Å². The van der Waals surface area contributed by atoms with Crippen molar-refractivity contribution in [2.45, 2.75) is 24.7 Å². The molecule has 0 unspecified atom stereocenters. The molecule has 2 N–H and O–H groups in total. The molecule has 30 heavy (non-hydrogen) atoms. The first kappa shape index (κ1) is 21.7. The van der Waals surface area contributed by atoms with Crippen molar-refractivity contribution in [1.29, 1.82) is 0 Å². The maximum atomic E-state index is 12.5. The highest BCUT2D eigenvalue weighted by atomic mass is 32.2. The smallest absolute Gasteiger partial charge is 0.259 e. The van der Waals surface area contributed by atoms with Gasteiger partial charge in [-0.25, -0.2) is 13.8 Å². The number of hydrogen-bond acceptors (Lipinski definition) is 5. The van der Waals surface area contributed by atoms with E-state index in [1.54, 1.807) is 0 Å². The number of rotatable bonds is 7. The molecule has 0 bridgehead atoms. The summed E-state index contributed by atoms with van der Waals surface area (Å²) in [5, 5.41) is 6.33. The van der Waals surface area contributed by atoms with E-state index in [9.17, 15) is 18.0 Å². The Morgan fingerprint density at radius 3 is 2.30 bits per heavy atom. The van der Waals surface area contributed by atoms with Gasteiger partial charge in [0.2, 0.25) is 10.0 Å². The first-order valence-electron chi connectivity index (χ1n) is 9.63. The van der Waals surface area contributed by atoms with Crippen LogP contribution in [0.25, 0.3) is 0 Å². The Morgan fingerprint density at radius 2 is 1.67 bits per heavy atom. The molecule has 1 fully saturated rings. The zero-order valence-corrected chi connectivity index (χ0v) is 17.5. The molecule has 2 aromatic rings.